The number of hydrogen-bond donors (Lipinski definition) is 2. The third-order valence-electron chi connectivity index (χ3n) is 7.00. The Kier molecular flexibility index (Phi) is 8.38. The fourth-order valence-electron chi connectivity index (χ4n) is 5.40. The lowest BCUT2D eigenvalue weighted by molar-refractivity contribution is -0.140. The minimum atomic E-state index is -0.142. The van der Waals surface area contributed by atoms with Crippen LogP contribution in [0.25, 0.3) is 0 Å². The molecular formula is C24H34IN5O3. The minimum Gasteiger partial charge on any atom is -0.496 e. The lowest BCUT2D eigenvalue weighted by Gasteiger charge is -2.27. The summed E-state index contributed by atoms with van der Waals surface area (Å²) in [7, 11) is 7.44. The van der Waals surface area contributed by atoms with Gasteiger partial charge in [-0.15, -0.1) is 24.0 Å². The van der Waals surface area contributed by atoms with Crippen molar-refractivity contribution in [3.05, 3.63) is 42.0 Å². The number of rotatable bonds is 8. The number of nitrogens with one attached hydrogen (secondary N) is 2. The van der Waals surface area contributed by atoms with Gasteiger partial charge in [0.2, 0.25) is 11.8 Å². The molecule has 2 bridgehead atoms. The fraction of sp³-hybridized carbons (Fsp3) is 0.542. The topological polar surface area (TPSA) is 86.3 Å². The van der Waals surface area contributed by atoms with Crippen LogP contribution in [0.3, 0.4) is 0 Å². The van der Waals surface area contributed by atoms with E-state index in [0.717, 1.165) is 17.7 Å². The number of imide groups is 1. The van der Waals surface area contributed by atoms with Crippen LogP contribution in [-0.2, 0) is 9.59 Å². The van der Waals surface area contributed by atoms with Crippen molar-refractivity contribution in [3.63, 3.8) is 0 Å². The van der Waals surface area contributed by atoms with Crippen molar-refractivity contribution < 1.29 is 14.3 Å². The van der Waals surface area contributed by atoms with Gasteiger partial charge in [-0.1, -0.05) is 30.4 Å². The number of nitrogens with zero attached hydrogens (tertiary/aromatic N) is 3. The van der Waals surface area contributed by atoms with Gasteiger partial charge in [0.1, 0.15) is 5.75 Å². The SMILES string of the molecule is CN=C(NCCN1C(=O)C2C3C=CC(C3)C2C1=O)NCC(c1ccccc1OC)N(C)C.I. The Hall–Kier alpha value is -2.14. The van der Waals surface area contributed by atoms with Crippen molar-refractivity contribution in [3.8, 4) is 5.75 Å². The van der Waals surface area contributed by atoms with Crippen LogP contribution in [-0.4, -0.2) is 75.5 Å². The van der Waals surface area contributed by atoms with Gasteiger partial charge in [0.05, 0.1) is 25.0 Å². The molecule has 8 nitrogen and oxygen atoms in total. The summed E-state index contributed by atoms with van der Waals surface area (Å²) >= 11 is 0. The second-order valence-electron chi connectivity index (χ2n) is 8.93. The number of likely N-dealkylation sites (N-methyl/N-ethyl adjacent to an activating group) is 1. The summed E-state index contributed by atoms with van der Waals surface area (Å²) in [5.41, 5.74) is 1.09. The molecule has 0 aromatic heterocycles. The number of halogens is 1. The van der Waals surface area contributed by atoms with E-state index in [1.54, 1.807) is 14.2 Å². The molecule has 0 spiro atoms. The fourth-order valence-corrected chi connectivity index (χ4v) is 5.40. The normalized spacial score (nSPS) is 26.5. The number of methoxy groups -OCH3 is 1. The maximum Gasteiger partial charge on any atom is 0.233 e. The highest BCUT2D eigenvalue weighted by Gasteiger charge is 2.58. The molecule has 3 aliphatic rings. The van der Waals surface area contributed by atoms with E-state index in [0.29, 0.717) is 25.6 Å². The van der Waals surface area contributed by atoms with Crippen molar-refractivity contribution in [2.75, 3.05) is 47.9 Å². The number of carbonyl (C=O) groups excluding carboxylic acids is 2. The lowest BCUT2D eigenvalue weighted by atomic mass is 9.85. The number of hydrogen-bond acceptors (Lipinski definition) is 5. The molecule has 1 aromatic carbocycles. The molecule has 1 saturated carbocycles. The van der Waals surface area contributed by atoms with Gasteiger partial charge in [-0.2, -0.15) is 0 Å². The Morgan fingerprint density at radius 2 is 1.79 bits per heavy atom. The van der Waals surface area contributed by atoms with E-state index in [9.17, 15) is 9.59 Å². The van der Waals surface area contributed by atoms with Crippen molar-refractivity contribution in [2.45, 2.75) is 12.5 Å². The van der Waals surface area contributed by atoms with Gasteiger partial charge in [0.15, 0.2) is 5.96 Å². The number of amides is 2. The highest BCUT2D eigenvalue weighted by molar-refractivity contribution is 14.0. The predicted molar refractivity (Wildman–Crippen MR) is 139 cm³/mol. The van der Waals surface area contributed by atoms with E-state index in [1.807, 2.05) is 32.3 Å². The molecule has 1 aliphatic heterocycles. The highest BCUT2D eigenvalue weighted by Crippen LogP contribution is 2.52. The van der Waals surface area contributed by atoms with Gasteiger partial charge in [0.25, 0.3) is 0 Å². The summed E-state index contributed by atoms with van der Waals surface area (Å²) in [6, 6.07) is 8.06. The Morgan fingerprint density at radius 1 is 1.15 bits per heavy atom. The quantitative estimate of drug-likeness (QED) is 0.164. The Balaban J connectivity index is 0.00000306. The second kappa shape index (κ2) is 10.9. The van der Waals surface area contributed by atoms with Gasteiger partial charge in [-0.3, -0.25) is 19.5 Å². The molecule has 33 heavy (non-hydrogen) atoms. The average Bonchev–Trinajstić information content (AvgIpc) is 3.47. The molecule has 5 atom stereocenters. The first-order valence-electron chi connectivity index (χ1n) is 11.2. The number of aliphatic imine (C=N–C) groups is 1. The number of para-hydroxylation sites is 1. The van der Waals surface area contributed by atoms with E-state index in [2.05, 4.69) is 38.7 Å². The third kappa shape index (κ3) is 4.89. The molecule has 2 fully saturated rings. The molecule has 2 amide bonds. The third-order valence-corrected chi connectivity index (χ3v) is 7.00. The number of likely N-dealkylation sites (tertiary alicyclic amines) is 1. The van der Waals surface area contributed by atoms with E-state index >= 15 is 0 Å². The van der Waals surface area contributed by atoms with Crippen molar-refractivity contribution in [2.24, 2.45) is 28.7 Å². The highest BCUT2D eigenvalue weighted by atomic mass is 127. The number of fused-ring (bicyclic) bond motifs is 5. The molecular weight excluding hydrogens is 533 g/mol. The van der Waals surface area contributed by atoms with Crippen LogP contribution < -0.4 is 15.4 Å². The van der Waals surface area contributed by atoms with Crippen molar-refractivity contribution in [1.29, 1.82) is 0 Å². The summed E-state index contributed by atoms with van der Waals surface area (Å²) in [4.78, 5) is 33.5. The zero-order chi connectivity index (χ0) is 22.8. The van der Waals surface area contributed by atoms with Crippen LogP contribution in [0.4, 0.5) is 0 Å². The van der Waals surface area contributed by atoms with Crippen LogP contribution in [0.15, 0.2) is 41.4 Å². The van der Waals surface area contributed by atoms with Crippen molar-refractivity contribution in [1.82, 2.24) is 20.4 Å². The summed E-state index contributed by atoms with van der Waals surface area (Å²) in [6.07, 6.45) is 5.19. The zero-order valence-corrected chi connectivity index (χ0v) is 22.0. The van der Waals surface area contributed by atoms with E-state index in [4.69, 9.17) is 4.74 Å². The van der Waals surface area contributed by atoms with Crippen LogP contribution in [0.5, 0.6) is 5.75 Å². The molecule has 1 aromatic rings. The monoisotopic (exact) mass is 567 g/mol. The van der Waals surface area contributed by atoms with Gasteiger partial charge < -0.3 is 20.3 Å². The summed E-state index contributed by atoms with van der Waals surface area (Å²) in [5, 5.41) is 6.60. The minimum absolute atomic E-state index is 0. The Morgan fingerprint density at radius 3 is 2.36 bits per heavy atom. The molecule has 180 valence electrons. The molecule has 2 aliphatic carbocycles. The number of guanidine groups is 1. The maximum atomic E-state index is 12.8. The summed E-state index contributed by atoms with van der Waals surface area (Å²) in [5.74, 6) is 1.66. The number of benzene rings is 1. The second-order valence-corrected chi connectivity index (χ2v) is 8.93. The summed E-state index contributed by atoms with van der Waals surface area (Å²) in [6.45, 7) is 1.43. The van der Waals surface area contributed by atoms with E-state index < -0.39 is 0 Å². The molecule has 9 heteroatoms. The zero-order valence-electron chi connectivity index (χ0n) is 19.7. The first kappa shape index (κ1) is 25.5. The standard InChI is InChI=1S/C24H33N5O3.HI/c1-25-24(27-14-18(28(2)3)17-7-5-6-8-19(17)32-4)26-11-12-29-22(30)20-15-9-10-16(13-15)21(20)23(29)31;/h5-10,15-16,18,20-21H,11-14H2,1-4H3,(H2,25,26,27);1H. The first-order chi connectivity index (χ1) is 15.5. The molecule has 0 radical (unpaired) electrons. The number of ether oxygens (including phenoxy) is 1. The van der Waals surface area contributed by atoms with Gasteiger partial charge >= 0.3 is 0 Å². The van der Waals surface area contributed by atoms with Gasteiger partial charge in [0, 0.05) is 32.2 Å². The smallest absolute Gasteiger partial charge is 0.233 e. The molecule has 1 saturated heterocycles. The van der Waals surface area contributed by atoms with Crippen LogP contribution in [0.1, 0.15) is 18.0 Å². The van der Waals surface area contributed by atoms with Crippen LogP contribution in [0, 0.1) is 23.7 Å². The molecule has 5 unspecified atom stereocenters. The molecule has 1 heterocycles. The van der Waals surface area contributed by atoms with E-state index in [1.165, 1.54) is 4.90 Å². The molecule has 2 N–H and O–H groups in total. The van der Waals surface area contributed by atoms with Gasteiger partial charge in [-0.25, -0.2) is 0 Å². The lowest BCUT2D eigenvalue weighted by Crippen LogP contribution is -2.45. The summed E-state index contributed by atoms with van der Waals surface area (Å²) < 4.78 is 5.53. The first-order valence-corrected chi connectivity index (χ1v) is 11.2. The van der Waals surface area contributed by atoms with E-state index in [-0.39, 0.29) is 65.5 Å². The largest absolute Gasteiger partial charge is 0.496 e. The average molecular weight is 567 g/mol. The Labute approximate surface area is 212 Å². The van der Waals surface area contributed by atoms with Crippen LogP contribution >= 0.6 is 24.0 Å². The number of allylic oxidation sites excluding steroid dienone is 2. The number of carbonyl (C=O) groups is 2. The maximum absolute atomic E-state index is 12.8. The molecule has 4 rings (SSSR count). The van der Waals surface area contributed by atoms with Crippen LogP contribution in [0.2, 0.25) is 0 Å². The van der Waals surface area contributed by atoms with Gasteiger partial charge in [-0.05, 0) is 38.4 Å². The predicted octanol–water partition coefficient (Wildman–Crippen LogP) is 1.89. The Bertz CT molecular complexity index is 904. The van der Waals surface area contributed by atoms with Crippen molar-refractivity contribution >= 4 is 41.8 Å².